The molecule has 0 aliphatic heterocycles. The van der Waals surface area contributed by atoms with Gasteiger partial charge in [0.2, 0.25) is 0 Å². The summed E-state index contributed by atoms with van der Waals surface area (Å²) in [4.78, 5) is 2.32. The van der Waals surface area contributed by atoms with Crippen LogP contribution in [0.1, 0.15) is 12.5 Å². The maximum atomic E-state index is 5.47. The molecule has 1 unspecified atom stereocenters. The normalized spacial score (nSPS) is 13.4. The Morgan fingerprint density at radius 3 is 2.71 bits per heavy atom. The molecule has 94 valence electrons. The summed E-state index contributed by atoms with van der Waals surface area (Å²) < 4.78 is 0. The lowest BCUT2D eigenvalue weighted by molar-refractivity contribution is 0.293. The second kappa shape index (κ2) is 8.29. The minimum absolute atomic E-state index is 0.455. The minimum Gasteiger partial charge on any atom is -0.309 e. The largest absolute Gasteiger partial charge is 0.309 e. The molecule has 0 saturated heterocycles. The summed E-state index contributed by atoms with van der Waals surface area (Å²) in [6, 6.07) is 11.0. The van der Waals surface area contributed by atoms with E-state index in [4.69, 9.17) is 11.6 Å². The van der Waals surface area contributed by atoms with Crippen molar-refractivity contribution in [1.29, 1.82) is 0 Å². The van der Waals surface area contributed by atoms with E-state index in [2.05, 4.69) is 48.5 Å². The standard InChI is InChI=1S/C14H21ClN2/c1-13(16-10-6-9-15)11-17(2)12-14-7-4-3-5-8-14/h3-9,13,16H,10-12H2,1-2H3/b9-6+. The van der Waals surface area contributed by atoms with Crippen LogP contribution in [0.3, 0.4) is 0 Å². The van der Waals surface area contributed by atoms with Gasteiger partial charge in [-0.3, -0.25) is 0 Å². The van der Waals surface area contributed by atoms with E-state index in [-0.39, 0.29) is 0 Å². The first-order chi connectivity index (χ1) is 8.22. The maximum absolute atomic E-state index is 5.47. The van der Waals surface area contributed by atoms with Gasteiger partial charge in [-0.15, -0.1) is 0 Å². The molecule has 1 aromatic rings. The maximum Gasteiger partial charge on any atom is 0.0231 e. The molecule has 0 aliphatic rings. The zero-order valence-electron chi connectivity index (χ0n) is 10.6. The number of hydrogen-bond acceptors (Lipinski definition) is 2. The van der Waals surface area contributed by atoms with Gasteiger partial charge in [0.15, 0.2) is 0 Å². The van der Waals surface area contributed by atoms with Crippen molar-refractivity contribution in [2.75, 3.05) is 20.1 Å². The molecular formula is C14H21ClN2. The number of hydrogen-bond donors (Lipinski definition) is 1. The minimum atomic E-state index is 0.455. The summed E-state index contributed by atoms with van der Waals surface area (Å²) in [7, 11) is 2.14. The molecule has 1 atom stereocenters. The molecule has 0 bridgehead atoms. The fraction of sp³-hybridized carbons (Fsp3) is 0.429. The van der Waals surface area contributed by atoms with E-state index in [1.54, 1.807) is 5.54 Å². The third-order valence-electron chi connectivity index (χ3n) is 2.55. The molecule has 3 heteroatoms. The molecule has 17 heavy (non-hydrogen) atoms. The molecule has 0 saturated carbocycles. The van der Waals surface area contributed by atoms with Gasteiger partial charge >= 0.3 is 0 Å². The molecule has 1 aromatic carbocycles. The summed E-state index contributed by atoms with van der Waals surface area (Å²) >= 11 is 5.47. The van der Waals surface area contributed by atoms with Gasteiger partial charge in [-0.05, 0) is 19.5 Å². The van der Waals surface area contributed by atoms with Gasteiger partial charge in [0.1, 0.15) is 0 Å². The molecule has 0 spiro atoms. The zero-order valence-corrected chi connectivity index (χ0v) is 11.3. The Morgan fingerprint density at radius 1 is 1.35 bits per heavy atom. The van der Waals surface area contributed by atoms with Crippen molar-refractivity contribution < 1.29 is 0 Å². The lowest BCUT2D eigenvalue weighted by Crippen LogP contribution is -2.37. The first-order valence-corrected chi connectivity index (χ1v) is 6.37. The molecule has 0 fully saturated rings. The second-order valence-electron chi connectivity index (χ2n) is 4.35. The van der Waals surface area contributed by atoms with Gasteiger partial charge < -0.3 is 10.2 Å². The van der Waals surface area contributed by atoms with E-state index in [9.17, 15) is 0 Å². The SMILES string of the molecule is CC(CN(C)Cc1ccccc1)NC/C=C/Cl. The van der Waals surface area contributed by atoms with Gasteiger partial charge in [0.05, 0.1) is 0 Å². The molecule has 0 heterocycles. The number of halogens is 1. The highest BCUT2D eigenvalue weighted by molar-refractivity contribution is 6.25. The Hall–Kier alpha value is -0.830. The van der Waals surface area contributed by atoms with Crippen molar-refractivity contribution in [3.63, 3.8) is 0 Å². The first-order valence-electron chi connectivity index (χ1n) is 5.93. The zero-order chi connectivity index (χ0) is 12.5. The Labute approximate surface area is 109 Å². The fourth-order valence-corrected chi connectivity index (χ4v) is 1.89. The van der Waals surface area contributed by atoms with E-state index in [1.165, 1.54) is 5.56 Å². The monoisotopic (exact) mass is 252 g/mol. The summed E-state index contributed by atoms with van der Waals surface area (Å²) in [5.41, 5.74) is 2.90. The molecular weight excluding hydrogens is 232 g/mol. The van der Waals surface area contributed by atoms with Crippen LogP contribution in [0.4, 0.5) is 0 Å². The van der Waals surface area contributed by atoms with E-state index < -0.39 is 0 Å². The molecule has 2 nitrogen and oxygen atoms in total. The van der Waals surface area contributed by atoms with Crippen LogP contribution in [-0.2, 0) is 6.54 Å². The van der Waals surface area contributed by atoms with Crippen molar-refractivity contribution >= 4 is 11.6 Å². The lowest BCUT2D eigenvalue weighted by Gasteiger charge is -2.21. The van der Waals surface area contributed by atoms with Crippen LogP contribution in [0.5, 0.6) is 0 Å². The van der Waals surface area contributed by atoms with Crippen molar-refractivity contribution in [2.24, 2.45) is 0 Å². The quantitative estimate of drug-likeness (QED) is 0.803. The highest BCUT2D eigenvalue weighted by Gasteiger charge is 2.05. The lowest BCUT2D eigenvalue weighted by atomic mass is 10.2. The molecule has 0 aromatic heterocycles. The Morgan fingerprint density at radius 2 is 2.06 bits per heavy atom. The van der Waals surface area contributed by atoms with Crippen LogP contribution in [0, 0.1) is 0 Å². The third-order valence-corrected chi connectivity index (χ3v) is 2.73. The van der Waals surface area contributed by atoms with E-state index in [0.717, 1.165) is 19.6 Å². The fourth-order valence-electron chi connectivity index (χ4n) is 1.81. The van der Waals surface area contributed by atoms with Crippen molar-refractivity contribution in [3.05, 3.63) is 47.5 Å². The van der Waals surface area contributed by atoms with Crippen molar-refractivity contribution in [2.45, 2.75) is 19.5 Å². The van der Waals surface area contributed by atoms with Crippen LogP contribution >= 0.6 is 11.6 Å². The van der Waals surface area contributed by atoms with E-state index >= 15 is 0 Å². The summed E-state index contributed by atoms with van der Waals surface area (Å²) in [5.74, 6) is 0. The predicted molar refractivity (Wildman–Crippen MR) is 75.2 cm³/mol. The first kappa shape index (κ1) is 14.2. The highest BCUT2D eigenvalue weighted by Crippen LogP contribution is 2.02. The molecule has 1 N–H and O–H groups in total. The van der Waals surface area contributed by atoms with Crippen molar-refractivity contribution in [1.82, 2.24) is 10.2 Å². The van der Waals surface area contributed by atoms with Gasteiger partial charge in [0, 0.05) is 31.2 Å². The van der Waals surface area contributed by atoms with E-state index in [0.29, 0.717) is 6.04 Å². The van der Waals surface area contributed by atoms with Gasteiger partial charge in [-0.25, -0.2) is 0 Å². The highest BCUT2D eigenvalue weighted by atomic mass is 35.5. The number of rotatable bonds is 7. The van der Waals surface area contributed by atoms with Crippen LogP contribution in [0.25, 0.3) is 0 Å². The summed E-state index contributed by atoms with van der Waals surface area (Å²) in [5, 5.41) is 3.39. The Kier molecular flexibility index (Phi) is 6.94. The number of nitrogens with one attached hydrogen (secondary N) is 1. The van der Waals surface area contributed by atoms with Crippen LogP contribution in [-0.4, -0.2) is 31.1 Å². The Bertz CT molecular complexity index is 324. The average Bonchev–Trinajstić information content (AvgIpc) is 2.30. The predicted octanol–water partition coefficient (Wildman–Crippen LogP) is 2.85. The van der Waals surface area contributed by atoms with Gasteiger partial charge in [-0.1, -0.05) is 48.0 Å². The number of nitrogens with zero attached hydrogens (tertiary/aromatic N) is 1. The Balaban J connectivity index is 2.26. The van der Waals surface area contributed by atoms with Crippen LogP contribution in [0.15, 0.2) is 41.9 Å². The van der Waals surface area contributed by atoms with Crippen LogP contribution in [0.2, 0.25) is 0 Å². The van der Waals surface area contributed by atoms with Crippen molar-refractivity contribution in [3.8, 4) is 0 Å². The number of benzene rings is 1. The third kappa shape index (κ3) is 6.47. The average molecular weight is 253 g/mol. The van der Waals surface area contributed by atoms with Gasteiger partial charge in [0.25, 0.3) is 0 Å². The summed E-state index contributed by atoms with van der Waals surface area (Å²) in [6.45, 7) is 5.01. The molecule has 1 rings (SSSR count). The smallest absolute Gasteiger partial charge is 0.0231 e. The topological polar surface area (TPSA) is 15.3 Å². The molecule has 0 amide bonds. The molecule has 0 aliphatic carbocycles. The summed E-state index contributed by atoms with van der Waals surface area (Å²) in [6.07, 6.45) is 1.91. The molecule has 0 radical (unpaired) electrons. The number of likely N-dealkylation sites (N-methyl/N-ethyl adjacent to an activating group) is 1. The second-order valence-corrected chi connectivity index (χ2v) is 4.61. The van der Waals surface area contributed by atoms with E-state index in [1.807, 2.05) is 12.1 Å². The van der Waals surface area contributed by atoms with Crippen LogP contribution < -0.4 is 5.32 Å². The van der Waals surface area contributed by atoms with Gasteiger partial charge in [-0.2, -0.15) is 0 Å².